The molecule has 1 aromatic rings. The number of carbonyl (C=O) groups is 2. The Morgan fingerprint density at radius 2 is 1.82 bits per heavy atom. The van der Waals surface area contributed by atoms with Crippen LogP contribution in [0.25, 0.3) is 0 Å². The molecule has 0 unspecified atom stereocenters. The second-order valence-electron chi connectivity index (χ2n) is 4.90. The van der Waals surface area contributed by atoms with Gasteiger partial charge in [-0.1, -0.05) is 0 Å². The first-order valence-electron chi connectivity index (χ1n) is 6.62. The van der Waals surface area contributed by atoms with Crippen molar-refractivity contribution in [2.75, 3.05) is 0 Å². The van der Waals surface area contributed by atoms with Crippen molar-refractivity contribution in [3.05, 3.63) is 29.8 Å². The number of hydrogen-bond acceptors (Lipinski definition) is 4. The van der Waals surface area contributed by atoms with E-state index in [2.05, 4.69) is 10.1 Å². The van der Waals surface area contributed by atoms with Crippen molar-refractivity contribution in [1.82, 2.24) is 5.32 Å². The van der Waals surface area contributed by atoms with Crippen LogP contribution in [-0.2, 0) is 9.53 Å². The third-order valence-corrected chi connectivity index (χ3v) is 2.90. The fraction of sp³-hybridized carbons (Fsp3) is 0.429. The van der Waals surface area contributed by atoms with Crippen molar-refractivity contribution in [1.29, 1.82) is 0 Å². The van der Waals surface area contributed by atoms with E-state index in [1.165, 1.54) is 6.92 Å². The van der Waals surface area contributed by atoms with E-state index in [1.54, 1.807) is 0 Å². The number of nitrogens with one attached hydrogen (secondary N) is 1. The molecule has 0 aromatic heterocycles. The predicted molar refractivity (Wildman–Crippen MR) is 69.2 cm³/mol. The van der Waals surface area contributed by atoms with Crippen LogP contribution in [0.3, 0.4) is 0 Å². The van der Waals surface area contributed by atoms with Crippen molar-refractivity contribution in [3.8, 4) is 5.75 Å². The van der Waals surface area contributed by atoms with Crippen LogP contribution in [0.5, 0.6) is 5.75 Å². The molecular formula is C14H14F3NO4. The molecule has 1 aliphatic carbocycles. The maximum atomic E-state index is 12.0. The van der Waals surface area contributed by atoms with Gasteiger partial charge in [0.25, 0.3) is 5.91 Å². The zero-order valence-electron chi connectivity index (χ0n) is 11.6. The molecule has 8 heteroatoms. The van der Waals surface area contributed by atoms with Gasteiger partial charge in [-0.2, -0.15) is 0 Å². The molecule has 2 rings (SSSR count). The van der Waals surface area contributed by atoms with Gasteiger partial charge in [-0.3, -0.25) is 4.79 Å². The van der Waals surface area contributed by atoms with Crippen molar-refractivity contribution >= 4 is 11.9 Å². The molecule has 0 bridgehead atoms. The van der Waals surface area contributed by atoms with E-state index in [0.717, 1.165) is 37.1 Å². The summed E-state index contributed by atoms with van der Waals surface area (Å²) in [6.45, 7) is 1.43. The van der Waals surface area contributed by atoms with Crippen molar-refractivity contribution < 1.29 is 32.2 Å². The average molecular weight is 317 g/mol. The number of halogens is 3. The van der Waals surface area contributed by atoms with E-state index in [0.29, 0.717) is 0 Å². The highest BCUT2D eigenvalue weighted by Crippen LogP contribution is 2.23. The molecule has 1 aliphatic rings. The summed E-state index contributed by atoms with van der Waals surface area (Å²) < 4.78 is 44.7. The van der Waals surface area contributed by atoms with Crippen molar-refractivity contribution in [2.24, 2.45) is 0 Å². The molecule has 1 saturated carbocycles. The molecule has 0 spiro atoms. The van der Waals surface area contributed by atoms with Crippen LogP contribution >= 0.6 is 0 Å². The zero-order chi connectivity index (χ0) is 16.3. The Hall–Kier alpha value is -2.25. The Bertz CT molecular complexity index is 552. The van der Waals surface area contributed by atoms with Gasteiger partial charge in [-0.05, 0) is 44.0 Å². The number of benzene rings is 1. The van der Waals surface area contributed by atoms with Gasteiger partial charge in [0.15, 0.2) is 6.10 Å². The Labute approximate surface area is 124 Å². The zero-order valence-corrected chi connectivity index (χ0v) is 11.6. The standard InChI is InChI=1S/C14H14F3NO4/c1-8(12(19)18-10-4-5-10)21-13(20)9-2-6-11(7-3-9)22-14(15,16)17/h2-3,6-8,10H,4-5H2,1H3,(H,18,19)/t8-/m1/s1. The van der Waals surface area contributed by atoms with Gasteiger partial charge in [0.05, 0.1) is 5.56 Å². The maximum Gasteiger partial charge on any atom is 0.573 e. The van der Waals surface area contributed by atoms with Crippen LogP contribution in [-0.4, -0.2) is 30.4 Å². The third kappa shape index (κ3) is 4.94. The number of alkyl halides is 3. The summed E-state index contributed by atoms with van der Waals surface area (Å²) in [4.78, 5) is 23.4. The molecule has 0 saturated heterocycles. The highest BCUT2D eigenvalue weighted by atomic mass is 19.4. The van der Waals surface area contributed by atoms with Crippen LogP contribution in [0.2, 0.25) is 0 Å². The molecule has 0 aliphatic heterocycles. The first-order chi connectivity index (χ1) is 10.2. The lowest BCUT2D eigenvalue weighted by Crippen LogP contribution is -2.37. The molecule has 1 fully saturated rings. The molecule has 1 amide bonds. The molecule has 22 heavy (non-hydrogen) atoms. The van der Waals surface area contributed by atoms with Gasteiger partial charge >= 0.3 is 12.3 Å². The van der Waals surface area contributed by atoms with Gasteiger partial charge in [0, 0.05) is 6.04 Å². The first kappa shape index (κ1) is 16.1. The molecule has 0 radical (unpaired) electrons. The Kier molecular flexibility index (Phi) is 4.58. The monoisotopic (exact) mass is 317 g/mol. The SMILES string of the molecule is C[C@@H](OC(=O)c1ccc(OC(F)(F)F)cc1)C(=O)NC1CC1. The summed E-state index contributed by atoms with van der Waals surface area (Å²) in [5.41, 5.74) is 0.0283. The summed E-state index contributed by atoms with van der Waals surface area (Å²) in [5, 5.41) is 2.68. The van der Waals surface area contributed by atoms with E-state index < -0.39 is 30.1 Å². The van der Waals surface area contributed by atoms with Crippen LogP contribution in [0, 0.1) is 0 Å². The van der Waals surface area contributed by atoms with Crippen LogP contribution in [0.4, 0.5) is 13.2 Å². The van der Waals surface area contributed by atoms with E-state index in [9.17, 15) is 22.8 Å². The second kappa shape index (κ2) is 6.25. The summed E-state index contributed by atoms with van der Waals surface area (Å²) in [5.74, 6) is -1.63. The van der Waals surface area contributed by atoms with Gasteiger partial charge in [-0.25, -0.2) is 4.79 Å². The average Bonchev–Trinajstić information content (AvgIpc) is 3.21. The Morgan fingerprint density at radius 1 is 1.23 bits per heavy atom. The fourth-order valence-electron chi connectivity index (χ4n) is 1.62. The molecule has 120 valence electrons. The summed E-state index contributed by atoms with van der Waals surface area (Å²) in [6.07, 6.45) is -3.95. The van der Waals surface area contributed by atoms with Gasteiger partial charge in [-0.15, -0.1) is 13.2 Å². The first-order valence-corrected chi connectivity index (χ1v) is 6.62. The number of esters is 1. The number of carbonyl (C=O) groups excluding carboxylic acids is 2. The van der Waals surface area contributed by atoms with Gasteiger partial charge in [0.1, 0.15) is 5.75 Å². The normalized spacial score (nSPS) is 15.8. The maximum absolute atomic E-state index is 12.0. The predicted octanol–water partition coefficient (Wildman–Crippen LogP) is 2.41. The summed E-state index contributed by atoms with van der Waals surface area (Å²) in [7, 11) is 0. The lowest BCUT2D eigenvalue weighted by molar-refractivity contribution is -0.274. The Balaban J connectivity index is 1.90. The quantitative estimate of drug-likeness (QED) is 0.847. The highest BCUT2D eigenvalue weighted by Gasteiger charge is 2.31. The van der Waals surface area contributed by atoms with Crippen LogP contribution in [0.15, 0.2) is 24.3 Å². The summed E-state index contributed by atoms with van der Waals surface area (Å²) in [6, 6.07) is 4.41. The minimum absolute atomic E-state index is 0.0283. The topological polar surface area (TPSA) is 64.6 Å². The summed E-state index contributed by atoms with van der Waals surface area (Å²) >= 11 is 0. The molecule has 1 aromatic carbocycles. The van der Waals surface area contributed by atoms with E-state index >= 15 is 0 Å². The lowest BCUT2D eigenvalue weighted by Gasteiger charge is -2.13. The molecule has 0 heterocycles. The van der Waals surface area contributed by atoms with E-state index in [-0.39, 0.29) is 11.6 Å². The lowest BCUT2D eigenvalue weighted by atomic mass is 10.2. The minimum atomic E-state index is -4.79. The second-order valence-corrected chi connectivity index (χ2v) is 4.90. The molecular weight excluding hydrogens is 303 g/mol. The number of amides is 1. The van der Waals surface area contributed by atoms with Crippen LogP contribution in [0.1, 0.15) is 30.1 Å². The fourth-order valence-corrected chi connectivity index (χ4v) is 1.62. The molecule has 5 nitrogen and oxygen atoms in total. The molecule has 1 N–H and O–H groups in total. The Morgan fingerprint density at radius 3 is 2.32 bits per heavy atom. The third-order valence-electron chi connectivity index (χ3n) is 2.90. The minimum Gasteiger partial charge on any atom is -0.449 e. The van der Waals surface area contributed by atoms with E-state index in [1.807, 2.05) is 0 Å². The highest BCUT2D eigenvalue weighted by molar-refractivity contribution is 5.92. The largest absolute Gasteiger partial charge is 0.573 e. The van der Waals surface area contributed by atoms with Crippen LogP contribution < -0.4 is 10.1 Å². The van der Waals surface area contributed by atoms with Gasteiger partial charge < -0.3 is 14.8 Å². The van der Waals surface area contributed by atoms with E-state index in [4.69, 9.17) is 4.74 Å². The number of ether oxygens (including phenoxy) is 2. The number of hydrogen-bond donors (Lipinski definition) is 1. The van der Waals surface area contributed by atoms with Crippen molar-refractivity contribution in [2.45, 2.75) is 38.3 Å². The smallest absolute Gasteiger partial charge is 0.449 e. The van der Waals surface area contributed by atoms with Gasteiger partial charge in [0.2, 0.25) is 0 Å². The van der Waals surface area contributed by atoms with Crippen molar-refractivity contribution in [3.63, 3.8) is 0 Å². The molecule has 1 atom stereocenters. The number of rotatable bonds is 5.